The number of hydrogen-bond donors (Lipinski definition) is 3. The maximum atomic E-state index is 12.5. The average molecular weight is 286 g/mol. The lowest BCUT2D eigenvalue weighted by molar-refractivity contribution is -0.132. The van der Waals surface area contributed by atoms with E-state index < -0.39 is 5.41 Å². The van der Waals surface area contributed by atoms with Crippen LogP contribution < -0.4 is 11.1 Å². The van der Waals surface area contributed by atoms with Gasteiger partial charge < -0.3 is 25.9 Å². The SMILES string of the molecule is CN(C)C(C)(C)CNC(=O)C1(C(N)=NO)CCOCC1. The van der Waals surface area contributed by atoms with Crippen molar-refractivity contribution in [1.29, 1.82) is 0 Å². The van der Waals surface area contributed by atoms with Crippen molar-refractivity contribution >= 4 is 11.7 Å². The lowest BCUT2D eigenvalue weighted by atomic mass is 9.78. The highest BCUT2D eigenvalue weighted by Gasteiger charge is 2.44. The highest BCUT2D eigenvalue weighted by atomic mass is 16.5. The third-order valence-corrected chi connectivity index (χ3v) is 4.27. The van der Waals surface area contributed by atoms with E-state index in [0.29, 0.717) is 32.6 Å². The first kappa shape index (κ1) is 16.7. The average Bonchev–Trinajstić information content (AvgIpc) is 2.44. The van der Waals surface area contributed by atoms with Crippen molar-refractivity contribution in [1.82, 2.24) is 10.2 Å². The van der Waals surface area contributed by atoms with Crippen molar-refractivity contribution in [2.45, 2.75) is 32.2 Å². The van der Waals surface area contributed by atoms with E-state index in [9.17, 15) is 4.79 Å². The third kappa shape index (κ3) is 3.40. The zero-order chi connectivity index (χ0) is 15.4. The van der Waals surface area contributed by atoms with E-state index in [1.807, 2.05) is 32.8 Å². The van der Waals surface area contributed by atoms with Crippen molar-refractivity contribution in [2.24, 2.45) is 16.3 Å². The Morgan fingerprint density at radius 1 is 1.45 bits per heavy atom. The molecule has 4 N–H and O–H groups in total. The number of amidine groups is 1. The van der Waals surface area contributed by atoms with Gasteiger partial charge in [-0.15, -0.1) is 0 Å². The number of ether oxygens (including phenoxy) is 1. The number of carbonyl (C=O) groups is 1. The van der Waals surface area contributed by atoms with Gasteiger partial charge in [0.1, 0.15) is 5.41 Å². The molecule has 0 aliphatic carbocycles. The van der Waals surface area contributed by atoms with Gasteiger partial charge in [0, 0.05) is 25.3 Å². The number of oxime groups is 1. The van der Waals surface area contributed by atoms with Crippen LogP contribution in [0.25, 0.3) is 0 Å². The molecule has 1 aliphatic rings. The van der Waals surface area contributed by atoms with Crippen molar-refractivity contribution in [3.05, 3.63) is 0 Å². The summed E-state index contributed by atoms with van der Waals surface area (Å²) in [5.41, 5.74) is 4.62. The molecule has 1 amide bonds. The van der Waals surface area contributed by atoms with Crippen LogP contribution in [-0.4, -0.2) is 61.2 Å². The molecule has 0 saturated carbocycles. The van der Waals surface area contributed by atoms with E-state index >= 15 is 0 Å². The molecule has 0 spiro atoms. The van der Waals surface area contributed by atoms with Crippen LogP contribution in [0, 0.1) is 5.41 Å². The van der Waals surface area contributed by atoms with E-state index in [1.54, 1.807) is 0 Å². The molecule has 0 radical (unpaired) electrons. The molecule has 1 rings (SSSR count). The van der Waals surface area contributed by atoms with Crippen molar-refractivity contribution in [3.63, 3.8) is 0 Å². The molecule has 0 bridgehead atoms. The van der Waals surface area contributed by atoms with Gasteiger partial charge in [-0.25, -0.2) is 0 Å². The molecule has 0 unspecified atom stereocenters. The van der Waals surface area contributed by atoms with Crippen LogP contribution in [0.1, 0.15) is 26.7 Å². The van der Waals surface area contributed by atoms with Crippen LogP contribution in [-0.2, 0) is 9.53 Å². The molecular formula is C13H26N4O3. The smallest absolute Gasteiger partial charge is 0.234 e. The van der Waals surface area contributed by atoms with Crippen molar-refractivity contribution in [3.8, 4) is 0 Å². The number of amides is 1. The zero-order valence-corrected chi connectivity index (χ0v) is 12.8. The van der Waals surface area contributed by atoms with Crippen LogP contribution in [0.2, 0.25) is 0 Å². The van der Waals surface area contributed by atoms with Gasteiger partial charge in [0.25, 0.3) is 0 Å². The maximum Gasteiger partial charge on any atom is 0.234 e. The number of hydrogen-bond acceptors (Lipinski definition) is 5. The Labute approximate surface area is 120 Å². The second-order valence-corrected chi connectivity index (χ2v) is 6.07. The Morgan fingerprint density at radius 3 is 2.45 bits per heavy atom. The minimum Gasteiger partial charge on any atom is -0.409 e. The Kier molecular flexibility index (Phi) is 5.35. The molecule has 1 saturated heterocycles. The summed E-state index contributed by atoms with van der Waals surface area (Å²) in [6.45, 7) is 5.42. The summed E-state index contributed by atoms with van der Waals surface area (Å²) in [7, 11) is 3.92. The van der Waals surface area contributed by atoms with Crippen LogP contribution in [0.15, 0.2) is 5.16 Å². The van der Waals surface area contributed by atoms with Gasteiger partial charge in [0.15, 0.2) is 5.84 Å². The number of nitrogens with one attached hydrogen (secondary N) is 1. The van der Waals surface area contributed by atoms with Crippen molar-refractivity contribution in [2.75, 3.05) is 33.9 Å². The first-order valence-corrected chi connectivity index (χ1v) is 6.78. The fourth-order valence-corrected chi connectivity index (χ4v) is 2.04. The number of nitrogens with zero attached hydrogens (tertiary/aromatic N) is 2. The molecule has 0 aromatic rings. The van der Waals surface area contributed by atoms with E-state index in [0.717, 1.165) is 0 Å². The number of rotatable bonds is 5. The Morgan fingerprint density at radius 2 is 2.00 bits per heavy atom. The van der Waals surface area contributed by atoms with Crippen LogP contribution in [0.3, 0.4) is 0 Å². The summed E-state index contributed by atoms with van der Waals surface area (Å²) < 4.78 is 5.27. The normalized spacial score (nSPS) is 19.9. The largest absolute Gasteiger partial charge is 0.409 e. The molecule has 7 nitrogen and oxygen atoms in total. The molecule has 1 aliphatic heterocycles. The molecule has 1 fully saturated rings. The molecule has 0 aromatic carbocycles. The van der Waals surface area contributed by atoms with Crippen LogP contribution in [0.5, 0.6) is 0 Å². The quantitative estimate of drug-likeness (QED) is 0.285. The molecule has 116 valence electrons. The lowest BCUT2D eigenvalue weighted by Crippen LogP contribution is -2.56. The number of carbonyl (C=O) groups excluding carboxylic acids is 1. The second-order valence-electron chi connectivity index (χ2n) is 6.07. The van der Waals surface area contributed by atoms with Crippen LogP contribution >= 0.6 is 0 Å². The Bertz CT molecular complexity index is 374. The maximum absolute atomic E-state index is 12.5. The zero-order valence-electron chi connectivity index (χ0n) is 12.8. The molecule has 1 heterocycles. The Balaban J connectivity index is 2.80. The fraction of sp³-hybridized carbons (Fsp3) is 0.846. The topological polar surface area (TPSA) is 100 Å². The summed E-state index contributed by atoms with van der Waals surface area (Å²) in [5.74, 6) is -0.244. The van der Waals surface area contributed by atoms with E-state index in [4.69, 9.17) is 15.7 Å². The standard InChI is InChI=1S/C13H26N4O3/c1-12(2,17(3)4)9-15-11(18)13(10(14)16-19)5-7-20-8-6-13/h19H,5-9H2,1-4H3,(H2,14,16)(H,15,18). The number of likely N-dealkylation sites (N-methyl/N-ethyl adjacent to an activating group) is 1. The summed E-state index contributed by atoms with van der Waals surface area (Å²) >= 11 is 0. The van der Waals surface area contributed by atoms with Gasteiger partial charge in [0.05, 0.1) is 0 Å². The molecule has 0 aromatic heterocycles. The van der Waals surface area contributed by atoms with E-state index in [-0.39, 0.29) is 17.3 Å². The predicted molar refractivity (Wildman–Crippen MR) is 76.7 cm³/mol. The minimum atomic E-state index is -0.963. The Hall–Kier alpha value is -1.34. The van der Waals surface area contributed by atoms with Crippen molar-refractivity contribution < 1.29 is 14.7 Å². The summed E-state index contributed by atoms with van der Waals surface area (Å²) in [6.07, 6.45) is 0.855. The molecule has 20 heavy (non-hydrogen) atoms. The van der Waals surface area contributed by atoms with Crippen LogP contribution in [0.4, 0.5) is 0 Å². The van der Waals surface area contributed by atoms with Gasteiger partial charge in [-0.2, -0.15) is 0 Å². The highest BCUT2D eigenvalue weighted by Crippen LogP contribution is 2.31. The van der Waals surface area contributed by atoms with E-state index in [2.05, 4.69) is 10.5 Å². The first-order valence-electron chi connectivity index (χ1n) is 6.78. The summed E-state index contributed by atoms with van der Waals surface area (Å²) in [6, 6.07) is 0. The fourth-order valence-electron chi connectivity index (χ4n) is 2.04. The molecule has 0 atom stereocenters. The molecule has 7 heteroatoms. The van der Waals surface area contributed by atoms with Gasteiger partial charge in [-0.1, -0.05) is 5.16 Å². The first-order chi connectivity index (χ1) is 9.26. The van der Waals surface area contributed by atoms with Gasteiger partial charge >= 0.3 is 0 Å². The summed E-state index contributed by atoms with van der Waals surface area (Å²) in [4.78, 5) is 14.6. The van der Waals surface area contributed by atoms with Gasteiger partial charge in [-0.05, 0) is 40.8 Å². The number of nitrogens with two attached hydrogens (primary N) is 1. The van der Waals surface area contributed by atoms with E-state index in [1.165, 1.54) is 0 Å². The van der Waals surface area contributed by atoms with Gasteiger partial charge in [-0.3, -0.25) is 4.79 Å². The molecular weight excluding hydrogens is 260 g/mol. The lowest BCUT2D eigenvalue weighted by Gasteiger charge is -2.37. The summed E-state index contributed by atoms with van der Waals surface area (Å²) in [5, 5.41) is 14.9. The van der Waals surface area contributed by atoms with Gasteiger partial charge in [0.2, 0.25) is 5.91 Å². The predicted octanol–water partition coefficient (Wildman–Crippen LogP) is -0.0140. The highest BCUT2D eigenvalue weighted by molar-refractivity contribution is 6.06. The minimum absolute atomic E-state index is 0.0408. The monoisotopic (exact) mass is 286 g/mol. The third-order valence-electron chi connectivity index (χ3n) is 4.27. The second kappa shape index (κ2) is 6.41.